The number of rotatable bonds is 2. The SMILES string of the molecule is C=CNCC#Cc1cn(C)c(=O)nc1N. The molecule has 0 amide bonds. The number of hydrogen-bond donors (Lipinski definition) is 2. The van der Waals surface area contributed by atoms with E-state index in [4.69, 9.17) is 5.73 Å². The van der Waals surface area contributed by atoms with Gasteiger partial charge in [-0.25, -0.2) is 4.79 Å². The van der Waals surface area contributed by atoms with E-state index in [-0.39, 0.29) is 11.5 Å². The molecule has 5 heteroatoms. The minimum absolute atomic E-state index is 0.157. The van der Waals surface area contributed by atoms with E-state index in [1.807, 2.05) is 0 Å². The molecule has 0 aliphatic heterocycles. The fourth-order valence-electron chi connectivity index (χ4n) is 0.916. The summed E-state index contributed by atoms with van der Waals surface area (Å²) in [6.45, 7) is 3.97. The summed E-state index contributed by atoms with van der Waals surface area (Å²) in [5.41, 5.74) is 5.70. The third kappa shape index (κ3) is 2.88. The summed E-state index contributed by atoms with van der Waals surface area (Å²) in [4.78, 5) is 14.7. The molecule has 1 aromatic rings. The summed E-state index contributed by atoms with van der Waals surface area (Å²) >= 11 is 0. The molecule has 1 heterocycles. The van der Waals surface area contributed by atoms with Crippen LogP contribution in [0.1, 0.15) is 5.56 Å². The van der Waals surface area contributed by atoms with Crippen LogP contribution in [0.2, 0.25) is 0 Å². The molecule has 0 radical (unpaired) electrons. The van der Waals surface area contributed by atoms with Crippen molar-refractivity contribution in [3.63, 3.8) is 0 Å². The van der Waals surface area contributed by atoms with Gasteiger partial charge < -0.3 is 15.6 Å². The highest BCUT2D eigenvalue weighted by atomic mass is 16.1. The maximum absolute atomic E-state index is 11.1. The Morgan fingerprint density at radius 2 is 2.53 bits per heavy atom. The molecule has 0 saturated heterocycles. The Kier molecular flexibility index (Phi) is 3.52. The van der Waals surface area contributed by atoms with E-state index in [0.717, 1.165) is 0 Å². The zero-order valence-electron chi connectivity index (χ0n) is 8.45. The fourth-order valence-corrected chi connectivity index (χ4v) is 0.916. The van der Waals surface area contributed by atoms with E-state index in [2.05, 4.69) is 28.7 Å². The number of nitrogen functional groups attached to an aromatic ring is 1. The van der Waals surface area contributed by atoms with Crippen LogP contribution in [-0.2, 0) is 7.05 Å². The molecule has 0 saturated carbocycles. The van der Waals surface area contributed by atoms with Crippen LogP contribution >= 0.6 is 0 Å². The third-order valence-corrected chi connectivity index (χ3v) is 1.67. The molecule has 0 bridgehead atoms. The van der Waals surface area contributed by atoms with Gasteiger partial charge in [0.2, 0.25) is 0 Å². The van der Waals surface area contributed by atoms with E-state index < -0.39 is 0 Å². The average Bonchev–Trinajstić information content (AvgIpc) is 2.20. The van der Waals surface area contributed by atoms with Gasteiger partial charge in [-0.15, -0.1) is 0 Å². The Morgan fingerprint density at radius 3 is 3.20 bits per heavy atom. The number of nitrogens with one attached hydrogen (secondary N) is 1. The second-order valence-corrected chi connectivity index (χ2v) is 2.82. The Morgan fingerprint density at radius 1 is 1.80 bits per heavy atom. The van der Waals surface area contributed by atoms with Crippen molar-refractivity contribution < 1.29 is 0 Å². The van der Waals surface area contributed by atoms with Crippen LogP contribution in [0.15, 0.2) is 23.8 Å². The molecule has 0 aromatic carbocycles. The zero-order valence-corrected chi connectivity index (χ0v) is 8.45. The number of aromatic nitrogens is 2. The van der Waals surface area contributed by atoms with Gasteiger partial charge in [-0.05, 0) is 6.20 Å². The number of aryl methyl sites for hydroxylation is 1. The van der Waals surface area contributed by atoms with E-state index in [0.29, 0.717) is 12.1 Å². The van der Waals surface area contributed by atoms with Gasteiger partial charge >= 0.3 is 5.69 Å². The van der Waals surface area contributed by atoms with Crippen LogP contribution < -0.4 is 16.7 Å². The minimum atomic E-state index is -0.387. The average molecular weight is 204 g/mol. The van der Waals surface area contributed by atoms with Crippen LogP contribution in [-0.4, -0.2) is 16.1 Å². The van der Waals surface area contributed by atoms with Crippen molar-refractivity contribution >= 4 is 5.82 Å². The first kappa shape index (κ1) is 10.9. The van der Waals surface area contributed by atoms with Crippen molar-refractivity contribution in [3.05, 3.63) is 35.0 Å². The summed E-state index contributed by atoms with van der Waals surface area (Å²) in [5, 5.41) is 2.82. The molecule has 3 N–H and O–H groups in total. The number of anilines is 1. The molecule has 15 heavy (non-hydrogen) atoms. The van der Waals surface area contributed by atoms with E-state index in [1.54, 1.807) is 19.4 Å². The van der Waals surface area contributed by atoms with Crippen molar-refractivity contribution in [2.45, 2.75) is 0 Å². The molecule has 0 aliphatic rings. The van der Waals surface area contributed by atoms with Crippen LogP contribution in [0.3, 0.4) is 0 Å². The number of nitrogens with two attached hydrogens (primary N) is 1. The molecule has 1 rings (SSSR count). The second kappa shape index (κ2) is 4.86. The van der Waals surface area contributed by atoms with Gasteiger partial charge in [0.05, 0.1) is 12.1 Å². The lowest BCUT2D eigenvalue weighted by atomic mass is 10.3. The molecule has 0 fully saturated rings. The summed E-state index contributed by atoms with van der Waals surface area (Å²) < 4.78 is 1.33. The molecule has 0 aliphatic carbocycles. The summed E-state index contributed by atoms with van der Waals surface area (Å²) in [6, 6.07) is 0. The van der Waals surface area contributed by atoms with Crippen molar-refractivity contribution in [1.29, 1.82) is 0 Å². The predicted molar refractivity (Wildman–Crippen MR) is 59.0 cm³/mol. The standard InChI is InChI=1S/C10H12N4O/c1-3-12-6-4-5-8-7-14(2)10(15)13-9(8)11/h3,7,12H,1,6H2,2H3,(H2,11,13,15). The molecule has 1 aromatic heterocycles. The number of nitrogens with zero attached hydrogens (tertiary/aromatic N) is 2. The monoisotopic (exact) mass is 204 g/mol. The van der Waals surface area contributed by atoms with Gasteiger partial charge in [0, 0.05) is 13.2 Å². The van der Waals surface area contributed by atoms with Crippen LogP contribution in [0.25, 0.3) is 0 Å². The van der Waals surface area contributed by atoms with E-state index in [1.165, 1.54) is 4.57 Å². The van der Waals surface area contributed by atoms with Gasteiger partial charge in [0.1, 0.15) is 5.82 Å². The zero-order chi connectivity index (χ0) is 11.3. The maximum Gasteiger partial charge on any atom is 0.349 e. The summed E-state index contributed by atoms with van der Waals surface area (Å²) in [6.07, 6.45) is 3.11. The Hall–Kier alpha value is -2.22. The van der Waals surface area contributed by atoms with Gasteiger partial charge in [0.25, 0.3) is 0 Å². The van der Waals surface area contributed by atoms with Crippen molar-refractivity contribution in [1.82, 2.24) is 14.9 Å². The van der Waals surface area contributed by atoms with Gasteiger partial charge in [0.15, 0.2) is 0 Å². The Labute approximate surface area is 87.6 Å². The van der Waals surface area contributed by atoms with E-state index in [9.17, 15) is 4.79 Å². The Balaban J connectivity index is 2.93. The molecule has 5 nitrogen and oxygen atoms in total. The van der Waals surface area contributed by atoms with Crippen LogP contribution in [0.5, 0.6) is 0 Å². The molecule has 0 unspecified atom stereocenters. The maximum atomic E-state index is 11.1. The van der Waals surface area contributed by atoms with Crippen LogP contribution in [0, 0.1) is 11.8 Å². The first-order valence-electron chi connectivity index (χ1n) is 4.31. The minimum Gasteiger partial charge on any atom is -0.382 e. The smallest absolute Gasteiger partial charge is 0.349 e. The molecular weight excluding hydrogens is 192 g/mol. The Bertz CT molecular complexity index is 478. The highest BCUT2D eigenvalue weighted by molar-refractivity contribution is 5.48. The van der Waals surface area contributed by atoms with Crippen molar-refractivity contribution in [2.24, 2.45) is 7.05 Å². The molecule has 0 atom stereocenters. The highest BCUT2D eigenvalue weighted by Gasteiger charge is 1.99. The predicted octanol–water partition coefficient (Wildman–Crippen LogP) is -0.553. The lowest BCUT2D eigenvalue weighted by Gasteiger charge is -1.99. The molecule has 0 spiro atoms. The quantitative estimate of drug-likeness (QED) is 0.500. The summed E-state index contributed by atoms with van der Waals surface area (Å²) in [7, 11) is 1.60. The topological polar surface area (TPSA) is 72.9 Å². The van der Waals surface area contributed by atoms with Gasteiger partial charge in [-0.2, -0.15) is 4.98 Å². The van der Waals surface area contributed by atoms with Gasteiger partial charge in [-0.3, -0.25) is 0 Å². The summed E-state index contributed by atoms with van der Waals surface area (Å²) in [5.74, 6) is 5.79. The number of hydrogen-bond acceptors (Lipinski definition) is 4. The first-order chi connectivity index (χ1) is 7.15. The molecular formula is C10H12N4O. The lowest BCUT2D eigenvalue weighted by Crippen LogP contribution is -2.21. The lowest BCUT2D eigenvalue weighted by molar-refractivity contribution is 0.811. The normalized spacial score (nSPS) is 8.87. The highest BCUT2D eigenvalue weighted by Crippen LogP contribution is 2.00. The van der Waals surface area contributed by atoms with Gasteiger partial charge in [-0.1, -0.05) is 18.4 Å². The second-order valence-electron chi connectivity index (χ2n) is 2.82. The van der Waals surface area contributed by atoms with Crippen molar-refractivity contribution in [2.75, 3.05) is 12.3 Å². The van der Waals surface area contributed by atoms with E-state index >= 15 is 0 Å². The van der Waals surface area contributed by atoms with Crippen molar-refractivity contribution in [3.8, 4) is 11.8 Å². The first-order valence-corrected chi connectivity index (χ1v) is 4.31. The van der Waals surface area contributed by atoms with Crippen LogP contribution in [0.4, 0.5) is 5.82 Å². The third-order valence-electron chi connectivity index (χ3n) is 1.67. The fraction of sp³-hybridized carbons (Fsp3) is 0.200. The molecule has 78 valence electrons. The largest absolute Gasteiger partial charge is 0.382 e.